The van der Waals surface area contributed by atoms with Crippen molar-refractivity contribution < 1.29 is 38.1 Å². The predicted molar refractivity (Wildman–Crippen MR) is 288 cm³/mol. The molecule has 1 rings (SSSR count). The number of carbonyl (C=O) groups excluding carboxylic acids is 4. The van der Waals surface area contributed by atoms with Crippen molar-refractivity contribution in [2.75, 3.05) is 87.5 Å². The first kappa shape index (κ1) is 73.2. The Hall–Kier alpha value is -2.76. The summed E-state index contributed by atoms with van der Waals surface area (Å²) in [6.07, 6.45) is 50.1. The van der Waals surface area contributed by atoms with E-state index < -0.39 is 0 Å². The number of hydrogen-bond donors (Lipinski definition) is 0. The van der Waals surface area contributed by atoms with Crippen LogP contribution in [0, 0.1) is 0 Å². The highest BCUT2D eigenvalue weighted by Gasteiger charge is 2.12. The highest BCUT2D eigenvalue weighted by molar-refractivity contribution is 5.69. The molecule has 0 unspecified atom stereocenters. The third-order valence-electron chi connectivity index (χ3n) is 10.3. The molecule has 0 atom stereocenters. The van der Waals surface area contributed by atoms with Crippen LogP contribution in [0.2, 0.25) is 0 Å². The molecule has 1 aliphatic heterocycles. The predicted octanol–water partition coefficient (Wildman–Crippen LogP) is 14.1. The van der Waals surface area contributed by atoms with Gasteiger partial charge in [0.05, 0.1) is 19.8 Å². The fourth-order valence-electron chi connectivity index (χ4n) is 5.98. The van der Waals surface area contributed by atoms with Gasteiger partial charge in [0.1, 0.15) is 25.5 Å². The zero-order chi connectivity index (χ0) is 50.8. The molecule has 0 spiro atoms. The van der Waals surface area contributed by atoms with Gasteiger partial charge in [0.25, 0.3) is 0 Å². The fraction of sp³-hybridized carbons (Fsp3) is 0.789. The van der Waals surface area contributed by atoms with Crippen molar-refractivity contribution in [1.29, 1.82) is 0 Å². The van der Waals surface area contributed by atoms with Crippen LogP contribution in [0.25, 0.3) is 0 Å². The minimum atomic E-state index is -0.107. The molecule has 0 N–H and O–H groups in total. The first-order chi connectivity index (χ1) is 32.8. The van der Waals surface area contributed by atoms with Crippen LogP contribution < -0.4 is 0 Å². The Labute approximate surface area is 415 Å². The molecule has 396 valence electrons. The lowest BCUT2D eigenvalue weighted by molar-refractivity contribution is -0.145. The van der Waals surface area contributed by atoms with Crippen molar-refractivity contribution in [3.8, 4) is 0 Å². The van der Waals surface area contributed by atoms with Crippen LogP contribution >= 0.6 is 0 Å². The lowest BCUT2D eigenvalue weighted by Gasteiger charge is -2.32. The molecule has 0 bridgehead atoms. The average molecular weight is 952 g/mol. The first-order valence-corrected chi connectivity index (χ1v) is 26.7. The summed E-state index contributed by atoms with van der Waals surface area (Å²) in [6, 6.07) is 0. The second kappa shape index (κ2) is 74.8. The number of ether oxygens (including phenoxy) is 4. The van der Waals surface area contributed by atoms with E-state index in [0.717, 1.165) is 96.3 Å². The largest absolute Gasteiger partial charge is 0.463 e. The van der Waals surface area contributed by atoms with Crippen LogP contribution in [-0.2, 0) is 38.1 Å². The Kier molecular flexibility index (Phi) is 81.7. The molecule has 1 heterocycles. The van der Waals surface area contributed by atoms with Crippen molar-refractivity contribution in [2.24, 2.45) is 0 Å². The second-order valence-corrected chi connectivity index (χ2v) is 16.8. The molecular formula is C57H110N2O8. The van der Waals surface area contributed by atoms with E-state index in [9.17, 15) is 19.2 Å². The number of aldehydes is 3. The maximum absolute atomic E-state index is 11.3. The Balaban J connectivity index is -0.000000247. The van der Waals surface area contributed by atoms with Gasteiger partial charge in [-0.1, -0.05) is 147 Å². The van der Waals surface area contributed by atoms with Gasteiger partial charge >= 0.3 is 5.97 Å². The molecule has 10 heteroatoms. The number of piperazine rings is 1. The molecule has 67 heavy (non-hydrogen) atoms. The zero-order valence-corrected chi connectivity index (χ0v) is 45.3. The quantitative estimate of drug-likeness (QED) is 0.0255. The summed E-state index contributed by atoms with van der Waals surface area (Å²) in [6.45, 7) is 20.3. The monoisotopic (exact) mass is 951 g/mol. The standard InChI is InChI=1S/C18H32O.C16H28O3.C9H18N2O.C6H14.C4H10O2.C4H8O/c1-2-3-4-5-6-7-8-9-10-11-12-13-14-15-16-17-18-19;1-3-4-5-6-7-8-9-10-11-12-13-16(17)19-15-14-18-2;1-10-5-7-11(8-6-10)4-2-3-9-12;1-3-5-6-4-2;1-5-3-4-6-2;1-2-3-4-5/h6-7,9-10,18H,2-5,8,11-17H2,1H3;3,5-6H,1,4,7-15H2,2H3;9H,2-8H2,1H3;3-6H2,1-2H3;3-4H2,1-2H3;4H,2-3H2,1H3/b7-6-,10-9-;6-5-;;;;. The van der Waals surface area contributed by atoms with Crippen LogP contribution in [0.15, 0.2) is 49.1 Å². The second-order valence-electron chi connectivity index (χ2n) is 16.8. The van der Waals surface area contributed by atoms with Crippen molar-refractivity contribution in [1.82, 2.24) is 9.80 Å². The van der Waals surface area contributed by atoms with Gasteiger partial charge in [-0.2, -0.15) is 0 Å². The van der Waals surface area contributed by atoms with E-state index in [1.165, 1.54) is 116 Å². The maximum atomic E-state index is 11.3. The molecule has 0 amide bonds. The van der Waals surface area contributed by atoms with Crippen molar-refractivity contribution in [2.45, 2.75) is 207 Å². The van der Waals surface area contributed by atoms with Crippen molar-refractivity contribution in [3.63, 3.8) is 0 Å². The average Bonchev–Trinajstić information content (AvgIpc) is 3.34. The molecule has 1 aliphatic rings. The summed E-state index contributed by atoms with van der Waals surface area (Å²) in [5, 5.41) is 0. The molecule has 0 aliphatic carbocycles. The first-order valence-electron chi connectivity index (χ1n) is 26.7. The summed E-state index contributed by atoms with van der Waals surface area (Å²) in [5.74, 6) is -0.107. The van der Waals surface area contributed by atoms with Crippen LogP contribution in [0.5, 0.6) is 0 Å². The normalized spacial score (nSPS) is 12.3. The Morgan fingerprint density at radius 2 is 0.866 bits per heavy atom. The topological polar surface area (TPSA) is 112 Å². The summed E-state index contributed by atoms with van der Waals surface area (Å²) >= 11 is 0. The molecule has 1 saturated heterocycles. The third kappa shape index (κ3) is 83.7. The molecule has 1 fully saturated rings. The van der Waals surface area contributed by atoms with E-state index in [1.54, 1.807) is 21.3 Å². The van der Waals surface area contributed by atoms with E-state index in [1.807, 2.05) is 13.0 Å². The number of allylic oxidation sites excluding steroid dienone is 7. The number of rotatable bonds is 39. The highest BCUT2D eigenvalue weighted by Crippen LogP contribution is 2.09. The molecule has 10 nitrogen and oxygen atoms in total. The van der Waals surface area contributed by atoms with Crippen LogP contribution in [0.1, 0.15) is 207 Å². The summed E-state index contributed by atoms with van der Waals surface area (Å²) in [4.78, 5) is 45.6. The van der Waals surface area contributed by atoms with E-state index in [2.05, 4.69) is 90.1 Å². The fourth-order valence-corrected chi connectivity index (χ4v) is 5.98. The number of nitrogens with zero attached hydrogens (tertiary/aromatic N) is 2. The summed E-state index contributed by atoms with van der Waals surface area (Å²) in [5.41, 5.74) is 0. The molecule has 0 saturated carbocycles. The smallest absolute Gasteiger partial charge is 0.305 e. The maximum Gasteiger partial charge on any atom is 0.305 e. The number of carbonyl (C=O) groups is 4. The van der Waals surface area contributed by atoms with Gasteiger partial charge in [0.15, 0.2) is 0 Å². The SMILES string of the molecule is C=CC/C=C\CCCCCCCC(=O)OCCOC.CCCC=O.CCCCC/C=C\C/C=C\CCCCCCCC=O.CCCCCC.CN1CCN(CCCC=O)CC1.COCCOC. The minimum absolute atomic E-state index is 0.107. The number of unbranched alkanes of at least 4 members (excludes halogenated alkanes) is 19. The van der Waals surface area contributed by atoms with Crippen molar-refractivity contribution >= 4 is 24.8 Å². The third-order valence-corrected chi connectivity index (χ3v) is 10.3. The number of likely N-dealkylation sites (N-methyl/N-ethyl adjacent to an activating group) is 1. The zero-order valence-electron chi connectivity index (χ0n) is 45.3. The Bertz CT molecular complexity index is 1010. The van der Waals surface area contributed by atoms with Gasteiger partial charge in [-0.15, -0.1) is 6.58 Å². The molecule has 0 aromatic carbocycles. The van der Waals surface area contributed by atoms with Gasteiger partial charge in [-0.05, 0) is 90.6 Å². The van der Waals surface area contributed by atoms with Crippen LogP contribution in [0.3, 0.4) is 0 Å². The van der Waals surface area contributed by atoms with Gasteiger partial charge in [-0.25, -0.2) is 0 Å². The van der Waals surface area contributed by atoms with E-state index in [4.69, 9.17) is 9.47 Å². The van der Waals surface area contributed by atoms with E-state index in [0.29, 0.717) is 45.7 Å². The lowest BCUT2D eigenvalue weighted by Crippen LogP contribution is -2.44. The molecule has 0 radical (unpaired) electrons. The van der Waals surface area contributed by atoms with Gasteiger partial charge in [-0.3, -0.25) is 4.79 Å². The Morgan fingerprint density at radius 3 is 1.30 bits per heavy atom. The molecular weight excluding hydrogens is 841 g/mol. The van der Waals surface area contributed by atoms with Crippen molar-refractivity contribution in [3.05, 3.63) is 49.1 Å². The van der Waals surface area contributed by atoms with Gasteiger partial charge in [0, 0.05) is 73.2 Å². The lowest BCUT2D eigenvalue weighted by atomic mass is 10.1. The van der Waals surface area contributed by atoms with Gasteiger partial charge < -0.3 is 43.1 Å². The van der Waals surface area contributed by atoms with Crippen LogP contribution in [-0.4, -0.2) is 122 Å². The Morgan fingerprint density at radius 1 is 0.463 bits per heavy atom. The summed E-state index contributed by atoms with van der Waals surface area (Å²) in [7, 11) is 7.06. The molecule has 0 aromatic heterocycles. The van der Waals surface area contributed by atoms with Crippen LogP contribution in [0.4, 0.5) is 0 Å². The highest BCUT2D eigenvalue weighted by atomic mass is 16.6. The van der Waals surface area contributed by atoms with Gasteiger partial charge in [0.2, 0.25) is 0 Å². The minimum Gasteiger partial charge on any atom is -0.463 e. The summed E-state index contributed by atoms with van der Waals surface area (Å²) < 4.78 is 19.1. The molecule has 0 aromatic rings. The number of hydrogen-bond acceptors (Lipinski definition) is 10. The van der Waals surface area contributed by atoms with E-state index >= 15 is 0 Å². The van der Waals surface area contributed by atoms with E-state index in [-0.39, 0.29) is 5.97 Å². The number of esters is 1. The number of methoxy groups -OCH3 is 3.